The second kappa shape index (κ2) is 11.0. The van der Waals surface area contributed by atoms with Gasteiger partial charge in [-0.3, -0.25) is 4.90 Å². The number of morpholine rings is 1. The third-order valence-corrected chi connectivity index (χ3v) is 5.84. The minimum absolute atomic E-state index is 0.300. The summed E-state index contributed by atoms with van der Waals surface area (Å²) >= 11 is 0. The Kier molecular flexibility index (Phi) is 7.40. The molecule has 2 aliphatic heterocycles. The van der Waals surface area contributed by atoms with Gasteiger partial charge >= 0.3 is 0 Å². The molecule has 0 radical (unpaired) electrons. The summed E-state index contributed by atoms with van der Waals surface area (Å²) in [5, 5.41) is 3.32. The third-order valence-electron chi connectivity index (χ3n) is 5.84. The van der Waals surface area contributed by atoms with Crippen LogP contribution in [0, 0.1) is 5.82 Å². The molecule has 2 aromatic heterocycles. The molecule has 0 saturated carbocycles. The molecular formula is C24H29FN6O3. The lowest BCUT2D eigenvalue weighted by molar-refractivity contribution is -0.186. The van der Waals surface area contributed by atoms with Crippen LogP contribution in [0.3, 0.4) is 0 Å². The number of halogens is 1. The number of aromatic nitrogens is 4. The molecule has 1 aromatic carbocycles. The van der Waals surface area contributed by atoms with Gasteiger partial charge in [-0.25, -0.2) is 19.3 Å². The van der Waals surface area contributed by atoms with Gasteiger partial charge in [0, 0.05) is 31.4 Å². The van der Waals surface area contributed by atoms with Crippen molar-refractivity contribution in [1.29, 1.82) is 0 Å². The highest BCUT2D eigenvalue weighted by atomic mass is 19.1. The monoisotopic (exact) mass is 468 g/mol. The van der Waals surface area contributed by atoms with E-state index in [1.54, 1.807) is 18.3 Å². The van der Waals surface area contributed by atoms with E-state index in [4.69, 9.17) is 24.2 Å². The summed E-state index contributed by atoms with van der Waals surface area (Å²) < 4.78 is 30.4. The molecule has 2 fully saturated rings. The van der Waals surface area contributed by atoms with Crippen molar-refractivity contribution in [2.24, 2.45) is 0 Å². The molecule has 9 nitrogen and oxygen atoms in total. The molecule has 5 rings (SSSR count). The van der Waals surface area contributed by atoms with Gasteiger partial charge in [0.25, 0.3) is 0 Å². The van der Waals surface area contributed by atoms with Crippen molar-refractivity contribution in [1.82, 2.24) is 24.8 Å². The first-order chi connectivity index (χ1) is 16.8. The number of benzene rings is 1. The van der Waals surface area contributed by atoms with E-state index in [9.17, 15) is 4.39 Å². The van der Waals surface area contributed by atoms with Crippen molar-refractivity contribution in [2.75, 3.05) is 57.9 Å². The molecule has 0 aliphatic carbocycles. The van der Waals surface area contributed by atoms with Gasteiger partial charge in [-0.05, 0) is 49.7 Å². The number of imidazole rings is 1. The van der Waals surface area contributed by atoms with E-state index >= 15 is 0 Å². The van der Waals surface area contributed by atoms with Gasteiger partial charge in [-0.15, -0.1) is 0 Å². The Labute approximate surface area is 197 Å². The van der Waals surface area contributed by atoms with Crippen molar-refractivity contribution in [3.63, 3.8) is 0 Å². The molecule has 2 saturated heterocycles. The summed E-state index contributed by atoms with van der Waals surface area (Å²) in [6.07, 6.45) is 2.98. The highest BCUT2D eigenvalue weighted by Crippen LogP contribution is 2.32. The van der Waals surface area contributed by atoms with Crippen LogP contribution in [0.4, 0.5) is 10.3 Å². The molecule has 0 spiro atoms. The van der Waals surface area contributed by atoms with Gasteiger partial charge in [0.2, 0.25) is 12.2 Å². The van der Waals surface area contributed by atoms with Crippen molar-refractivity contribution >= 4 is 5.95 Å². The second-order valence-electron chi connectivity index (χ2n) is 8.28. The van der Waals surface area contributed by atoms with Crippen molar-refractivity contribution in [3.8, 4) is 22.6 Å². The molecule has 180 valence electrons. The van der Waals surface area contributed by atoms with Gasteiger partial charge in [0.15, 0.2) is 5.82 Å². The lowest BCUT2D eigenvalue weighted by atomic mass is 10.1. The SMILES string of the molecule is Fc1ccc(-c2nc(C3OCCCO3)[nH]c2-c2ccnc(NCCCN3CCOCC3)n2)cc1. The molecule has 0 atom stereocenters. The van der Waals surface area contributed by atoms with Gasteiger partial charge < -0.3 is 24.5 Å². The molecule has 0 bridgehead atoms. The number of nitrogens with one attached hydrogen (secondary N) is 2. The van der Waals surface area contributed by atoms with E-state index in [0.29, 0.717) is 42.1 Å². The molecule has 2 N–H and O–H groups in total. The first-order valence-electron chi connectivity index (χ1n) is 11.7. The zero-order chi connectivity index (χ0) is 23.2. The fraction of sp³-hybridized carbons (Fsp3) is 0.458. The Balaban J connectivity index is 1.34. The lowest BCUT2D eigenvalue weighted by Gasteiger charge is -2.26. The fourth-order valence-electron chi connectivity index (χ4n) is 4.06. The average Bonchev–Trinajstić information content (AvgIpc) is 3.34. The normalized spacial score (nSPS) is 17.7. The Hall–Kier alpha value is -2.92. The number of ether oxygens (including phenoxy) is 3. The fourth-order valence-corrected chi connectivity index (χ4v) is 4.06. The summed E-state index contributed by atoms with van der Waals surface area (Å²) in [6.45, 7) is 6.57. The molecular weight excluding hydrogens is 439 g/mol. The standard InChI is InChI=1S/C24H29FN6O3/c25-18-5-3-17(4-6-18)20-21(30-22(29-20)23-33-13-2-14-34-23)19-7-9-27-24(28-19)26-8-1-10-31-11-15-32-16-12-31/h3-7,9,23H,1-2,8,10-16H2,(H,29,30)(H,26,27,28). The van der Waals surface area contributed by atoms with Crippen molar-refractivity contribution < 1.29 is 18.6 Å². The number of rotatable bonds is 8. The van der Waals surface area contributed by atoms with E-state index < -0.39 is 6.29 Å². The summed E-state index contributed by atoms with van der Waals surface area (Å²) in [4.78, 5) is 19.5. The summed E-state index contributed by atoms with van der Waals surface area (Å²) in [5.41, 5.74) is 2.82. The Morgan fingerprint density at radius 2 is 1.82 bits per heavy atom. The minimum atomic E-state index is -0.568. The van der Waals surface area contributed by atoms with E-state index in [-0.39, 0.29) is 5.82 Å². The average molecular weight is 469 g/mol. The van der Waals surface area contributed by atoms with E-state index in [1.165, 1.54) is 12.1 Å². The quantitative estimate of drug-likeness (QED) is 0.487. The van der Waals surface area contributed by atoms with Crippen LogP contribution in [0.25, 0.3) is 22.6 Å². The molecule has 3 aromatic rings. The van der Waals surface area contributed by atoms with E-state index in [2.05, 4.69) is 20.2 Å². The van der Waals surface area contributed by atoms with Crippen LogP contribution in [0.15, 0.2) is 36.5 Å². The van der Waals surface area contributed by atoms with Crippen molar-refractivity contribution in [2.45, 2.75) is 19.1 Å². The zero-order valence-corrected chi connectivity index (χ0v) is 19.0. The maximum Gasteiger partial charge on any atom is 0.223 e. The Morgan fingerprint density at radius 3 is 2.62 bits per heavy atom. The third kappa shape index (κ3) is 5.58. The van der Waals surface area contributed by atoms with Crippen LogP contribution in [-0.2, 0) is 14.2 Å². The molecule has 10 heteroatoms. The first-order valence-corrected chi connectivity index (χ1v) is 11.7. The van der Waals surface area contributed by atoms with Crippen LogP contribution in [0.5, 0.6) is 0 Å². The van der Waals surface area contributed by atoms with Crippen LogP contribution in [0.2, 0.25) is 0 Å². The zero-order valence-electron chi connectivity index (χ0n) is 19.0. The second-order valence-corrected chi connectivity index (χ2v) is 8.28. The highest BCUT2D eigenvalue weighted by molar-refractivity contribution is 5.77. The number of hydrogen-bond acceptors (Lipinski definition) is 8. The molecule has 4 heterocycles. The van der Waals surface area contributed by atoms with Crippen LogP contribution >= 0.6 is 0 Å². The summed E-state index contributed by atoms with van der Waals surface area (Å²) in [5.74, 6) is 0.809. The van der Waals surface area contributed by atoms with Crippen molar-refractivity contribution in [3.05, 3.63) is 48.2 Å². The summed E-state index contributed by atoms with van der Waals surface area (Å²) in [6, 6.07) is 8.07. The van der Waals surface area contributed by atoms with Gasteiger partial charge in [0.1, 0.15) is 5.82 Å². The van der Waals surface area contributed by atoms with Gasteiger partial charge in [-0.1, -0.05) is 0 Å². The maximum absolute atomic E-state index is 13.5. The smallest absolute Gasteiger partial charge is 0.223 e. The Bertz CT molecular complexity index is 1060. The predicted octanol–water partition coefficient (Wildman–Crippen LogP) is 3.24. The highest BCUT2D eigenvalue weighted by Gasteiger charge is 2.24. The van der Waals surface area contributed by atoms with Gasteiger partial charge in [0.05, 0.1) is 43.5 Å². The largest absolute Gasteiger partial charge is 0.379 e. The topological polar surface area (TPSA) is 97.4 Å². The maximum atomic E-state index is 13.5. The summed E-state index contributed by atoms with van der Waals surface area (Å²) in [7, 11) is 0. The predicted molar refractivity (Wildman–Crippen MR) is 125 cm³/mol. The lowest BCUT2D eigenvalue weighted by Crippen LogP contribution is -2.37. The number of aromatic amines is 1. The molecule has 34 heavy (non-hydrogen) atoms. The number of anilines is 1. The number of H-pyrrole nitrogens is 1. The minimum Gasteiger partial charge on any atom is -0.379 e. The van der Waals surface area contributed by atoms with Gasteiger partial charge in [-0.2, -0.15) is 0 Å². The number of nitrogens with zero attached hydrogens (tertiary/aromatic N) is 4. The van der Waals surface area contributed by atoms with E-state index in [1.807, 2.05) is 6.07 Å². The number of hydrogen-bond donors (Lipinski definition) is 2. The molecule has 2 aliphatic rings. The Morgan fingerprint density at radius 1 is 1.03 bits per heavy atom. The molecule has 0 amide bonds. The van der Waals surface area contributed by atoms with Crippen LogP contribution in [0.1, 0.15) is 25.0 Å². The van der Waals surface area contributed by atoms with Crippen LogP contribution in [-0.4, -0.2) is 77.4 Å². The molecule has 0 unspecified atom stereocenters. The van der Waals surface area contributed by atoms with Crippen LogP contribution < -0.4 is 5.32 Å². The van der Waals surface area contributed by atoms with E-state index in [0.717, 1.165) is 57.8 Å². The first kappa shape index (κ1) is 22.9.